The second kappa shape index (κ2) is 9.91. The number of hydrogen-bond donors (Lipinski definition) is 0. The van der Waals surface area contributed by atoms with Gasteiger partial charge in [-0.25, -0.2) is 17.2 Å². The van der Waals surface area contributed by atoms with Crippen molar-refractivity contribution in [3.8, 4) is 0 Å². The van der Waals surface area contributed by atoms with Crippen molar-refractivity contribution in [2.45, 2.75) is 17.9 Å². The molecule has 173 valence electrons. The molecule has 0 aliphatic rings. The SMILES string of the molecule is C[C@H](c1ccccc1[CH]c1cccnc1)N(c1cc(F)ccc1F)S(=O)(=O)c1ccc(Cl)cc1. The summed E-state index contributed by atoms with van der Waals surface area (Å²) in [7, 11) is -4.31. The number of hydrogen-bond acceptors (Lipinski definition) is 3. The summed E-state index contributed by atoms with van der Waals surface area (Å²) in [5.74, 6) is -1.62. The van der Waals surface area contributed by atoms with Gasteiger partial charge in [-0.15, -0.1) is 0 Å². The summed E-state index contributed by atoms with van der Waals surface area (Å²) < 4.78 is 57.5. The van der Waals surface area contributed by atoms with E-state index in [-0.39, 0.29) is 4.90 Å². The van der Waals surface area contributed by atoms with Crippen LogP contribution in [0.4, 0.5) is 14.5 Å². The van der Waals surface area contributed by atoms with Crippen LogP contribution in [0.15, 0.2) is 96.2 Å². The smallest absolute Gasteiger partial charge is 0.264 e. The van der Waals surface area contributed by atoms with Crippen molar-refractivity contribution in [2.24, 2.45) is 0 Å². The van der Waals surface area contributed by atoms with Gasteiger partial charge in [0.2, 0.25) is 0 Å². The highest BCUT2D eigenvalue weighted by Crippen LogP contribution is 2.37. The van der Waals surface area contributed by atoms with Crippen LogP contribution in [0, 0.1) is 18.1 Å². The highest BCUT2D eigenvalue weighted by Gasteiger charge is 2.33. The van der Waals surface area contributed by atoms with E-state index in [4.69, 9.17) is 11.6 Å². The van der Waals surface area contributed by atoms with Crippen LogP contribution in [0.3, 0.4) is 0 Å². The lowest BCUT2D eigenvalue weighted by Crippen LogP contribution is -2.35. The van der Waals surface area contributed by atoms with Crippen molar-refractivity contribution in [1.82, 2.24) is 4.98 Å². The zero-order chi connectivity index (χ0) is 24.3. The molecule has 4 aromatic rings. The van der Waals surface area contributed by atoms with Crippen molar-refractivity contribution in [3.63, 3.8) is 0 Å². The summed E-state index contributed by atoms with van der Waals surface area (Å²) >= 11 is 5.93. The third-order valence-electron chi connectivity index (χ3n) is 5.32. The van der Waals surface area contributed by atoms with E-state index in [1.807, 2.05) is 24.6 Å². The predicted molar refractivity (Wildman–Crippen MR) is 129 cm³/mol. The summed E-state index contributed by atoms with van der Waals surface area (Å²) in [6, 6.07) is 18.2. The highest BCUT2D eigenvalue weighted by molar-refractivity contribution is 7.92. The van der Waals surface area contributed by atoms with Crippen molar-refractivity contribution in [2.75, 3.05) is 4.31 Å². The summed E-state index contributed by atoms with van der Waals surface area (Å²) in [5.41, 5.74) is 1.74. The molecule has 8 heteroatoms. The van der Waals surface area contributed by atoms with E-state index in [0.717, 1.165) is 33.6 Å². The molecule has 1 atom stereocenters. The van der Waals surface area contributed by atoms with Gasteiger partial charge in [-0.05, 0) is 66.1 Å². The van der Waals surface area contributed by atoms with Crippen LogP contribution in [0.25, 0.3) is 0 Å². The molecule has 0 fully saturated rings. The van der Waals surface area contributed by atoms with Crippen molar-refractivity contribution < 1.29 is 17.2 Å². The fraction of sp³-hybridized carbons (Fsp3) is 0.0769. The first-order valence-electron chi connectivity index (χ1n) is 10.4. The van der Waals surface area contributed by atoms with Gasteiger partial charge in [0.25, 0.3) is 10.0 Å². The molecule has 34 heavy (non-hydrogen) atoms. The van der Waals surface area contributed by atoms with E-state index in [9.17, 15) is 17.2 Å². The number of anilines is 1. The zero-order valence-corrected chi connectivity index (χ0v) is 19.6. The summed E-state index contributed by atoms with van der Waals surface area (Å²) in [5, 5.41) is 0.354. The number of aromatic nitrogens is 1. The molecule has 0 aliphatic carbocycles. The molecule has 0 amide bonds. The lowest BCUT2D eigenvalue weighted by molar-refractivity contribution is 0.570. The van der Waals surface area contributed by atoms with E-state index >= 15 is 0 Å². The molecule has 4 rings (SSSR count). The molecule has 1 aromatic heterocycles. The van der Waals surface area contributed by atoms with E-state index in [1.165, 1.54) is 24.3 Å². The number of halogens is 3. The molecular weight excluding hydrogens is 478 g/mol. The second-order valence-corrected chi connectivity index (χ2v) is 9.84. The third-order valence-corrected chi connectivity index (χ3v) is 7.47. The predicted octanol–water partition coefficient (Wildman–Crippen LogP) is 6.57. The Morgan fingerprint density at radius 2 is 1.71 bits per heavy atom. The van der Waals surface area contributed by atoms with Crippen LogP contribution in [-0.2, 0) is 10.0 Å². The Bertz CT molecular complexity index is 1400. The summed E-state index contributed by atoms with van der Waals surface area (Å²) in [4.78, 5) is 4.01. The Kier molecular flexibility index (Phi) is 6.95. The first-order valence-corrected chi connectivity index (χ1v) is 12.2. The van der Waals surface area contributed by atoms with Gasteiger partial charge in [0.15, 0.2) is 0 Å². The van der Waals surface area contributed by atoms with Gasteiger partial charge in [-0.3, -0.25) is 9.29 Å². The molecule has 3 aromatic carbocycles. The lowest BCUT2D eigenvalue weighted by atomic mass is 9.96. The number of rotatable bonds is 7. The number of benzene rings is 3. The molecule has 1 radical (unpaired) electrons. The van der Waals surface area contributed by atoms with E-state index in [0.29, 0.717) is 10.6 Å². The van der Waals surface area contributed by atoms with Crippen LogP contribution in [0.2, 0.25) is 5.02 Å². The van der Waals surface area contributed by atoms with Crippen molar-refractivity contribution >= 4 is 27.3 Å². The van der Waals surface area contributed by atoms with Gasteiger partial charge in [-0.2, -0.15) is 0 Å². The van der Waals surface area contributed by atoms with Crippen LogP contribution in [0.1, 0.15) is 29.7 Å². The Morgan fingerprint density at radius 3 is 2.41 bits per heavy atom. The minimum Gasteiger partial charge on any atom is -0.264 e. The lowest BCUT2D eigenvalue weighted by Gasteiger charge is -2.32. The number of nitrogens with zero attached hydrogens (tertiary/aromatic N) is 2. The monoisotopic (exact) mass is 497 g/mol. The molecule has 0 saturated heterocycles. The van der Waals surface area contributed by atoms with E-state index < -0.39 is 33.4 Å². The van der Waals surface area contributed by atoms with Gasteiger partial charge in [0.05, 0.1) is 16.6 Å². The van der Waals surface area contributed by atoms with Crippen LogP contribution in [-0.4, -0.2) is 13.4 Å². The fourth-order valence-electron chi connectivity index (χ4n) is 3.71. The zero-order valence-electron chi connectivity index (χ0n) is 18.1. The van der Waals surface area contributed by atoms with E-state index in [2.05, 4.69) is 4.98 Å². The maximum Gasteiger partial charge on any atom is 0.264 e. The summed E-state index contributed by atoms with van der Waals surface area (Å²) in [6.07, 6.45) is 5.18. The first kappa shape index (κ1) is 23.9. The normalized spacial score (nSPS) is 12.4. The van der Waals surface area contributed by atoms with Crippen LogP contribution in [0.5, 0.6) is 0 Å². The second-order valence-electron chi connectivity index (χ2n) is 7.59. The Labute approximate surface area is 202 Å². The Balaban J connectivity index is 1.87. The minimum absolute atomic E-state index is 0.0962. The molecular formula is C26H20ClF2N2O2S. The average Bonchev–Trinajstić information content (AvgIpc) is 2.82. The molecule has 0 saturated carbocycles. The van der Waals surface area contributed by atoms with Crippen molar-refractivity contribution in [1.29, 1.82) is 0 Å². The van der Waals surface area contributed by atoms with Gasteiger partial charge in [0, 0.05) is 29.9 Å². The Hall–Kier alpha value is -3.29. The number of sulfonamides is 1. The maximum absolute atomic E-state index is 14.9. The summed E-state index contributed by atoms with van der Waals surface area (Å²) in [6.45, 7) is 1.63. The largest absolute Gasteiger partial charge is 0.264 e. The van der Waals surface area contributed by atoms with Crippen LogP contribution < -0.4 is 4.31 Å². The Morgan fingerprint density at radius 1 is 0.971 bits per heavy atom. The maximum atomic E-state index is 14.9. The standard InChI is InChI=1S/C26H20ClF2N2O2S/c1-18(24-7-3-2-6-20(24)15-19-5-4-14-30-17-19)31(26-16-22(28)10-13-25(26)29)34(32,33)23-11-8-21(27)9-12-23/h2-18H,1H3/t18-/m1/s1. The van der Waals surface area contributed by atoms with Gasteiger partial charge < -0.3 is 0 Å². The number of pyridine rings is 1. The highest BCUT2D eigenvalue weighted by atomic mass is 35.5. The van der Waals surface area contributed by atoms with Gasteiger partial charge in [0.1, 0.15) is 11.6 Å². The fourth-order valence-corrected chi connectivity index (χ4v) is 5.47. The first-order chi connectivity index (χ1) is 16.3. The third kappa shape index (κ3) is 4.95. The molecule has 0 spiro atoms. The van der Waals surface area contributed by atoms with Crippen LogP contribution >= 0.6 is 11.6 Å². The van der Waals surface area contributed by atoms with Gasteiger partial charge >= 0.3 is 0 Å². The minimum atomic E-state index is -4.31. The molecule has 0 N–H and O–H groups in total. The van der Waals surface area contributed by atoms with E-state index in [1.54, 1.807) is 37.5 Å². The van der Waals surface area contributed by atoms with Gasteiger partial charge in [-0.1, -0.05) is 41.9 Å². The molecule has 1 heterocycles. The van der Waals surface area contributed by atoms with Crippen molar-refractivity contribution in [3.05, 3.63) is 131 Å². The molecule has 4 nitrogen and oxygen atoms in total. The average molecular weight is 498 g/mol. The molecule has 0 aliphatic heterocycles. The molecule has 0 bridgehead atoms. The topological polar surface area (TPSA) is 50.3 Å². The quantitative estimate of drug-likeness (QED) is 0.290. The molecule has 0 unspecified atom stereocenters.